The van der Waals surface area contributed by atoms with Gasteiger partial charge in [-0.1, -0.05) is 11.6 Å². The summed E-state index contributed by atoms with van der Waals surface area (Å²) >= 11 is 6.49. The van der Waals surface area contributed by atoms with Gasteiger partial charge in [-0.3, -0.25) is 0 Å². The standard InChI is InChI=1S/C20H24ClN7O2/c1-20(22)3-6-28(7-4-20)15-9-24-17-13(27-15)8-25-19(17)30-14-2-5-23-18(16(14)21)26-12-10-29-11-12/h2,5,9,12H,3-4,6-8,10-11,22H2,1H3,(H,23,26). The number of aromatic nitrogens is 3. The van der Waals surface area contributed by atoms with Gasteiger partial charge in [0.1, 0.15) is 22.4 Å². The van der Waals surface area contributed by atoms with Gasteiger partial charge in [-0.2, -0.15) is 0 Å². The highest BCUT2D eigenvalue weighted by Crippen LogP contribution is 2.33. The average molecular weight is 430 g/mol. The molecule has 2 saturated heterocycles. The number of halogens is 1. The minimum atomic E-state index is -0.103. The van der Waals surface area contributed by atoms with Crippen LogP contribution in [0.25, 0.3) is 0 Å². The van der Waals surface area contributed by atoms with Gasteiger partial charge >= 0.3 is 0 Å². The van der Waals surface area contributed by atoms with Crippen LogP contribution in [0, 0.1) is 0 Å². The fourth-order valence-corrected chi connectivity index (χ4v) is 3.83. The van der Waals surface area contributed by atoms with E-state index in [-0.39, 0.29) is 11.6 Å². The molecular formula is C20H24ClN7O2. The van der Waals surface area contributed by atoms with Crippen molar-refractivity contribution in [2.45, 2.75) is 37.9 Å². The first-order valence-corrected chi connectivity index (χ1v) is 10.5. The molecule has 2 fully saturated rings. The van der Waals surface area contributed by atoms with Crippen LogP contribution in [0.2, 0.25) is 5.02 Å². The number of pyridine rings is 1. The van der Waals surface area contributed by atoms with Crippen molar-refractivity contribution in [3.05, 3.63) is 34.9 Å². The fraction of sp³-hybridized carbons (Fsp3) is 0.500. The van der Waals surface area contributed by atoms with Crippen LogP contribution in [0.5, 0.6) is 5.75 Å². The summed E-state index contributed by atoms with van der Waals surface area (Å²) in [6.45, 7) is 5.56. The van der Waals surface area contributed by atoms with E-state index in [1.165, 1.54) is 0 Å². The van der Waals surface area contributed by atoms with Crippen molar-refractivity contribution in [3.63, 3.8) is 0 Å². The number of hydrogen-bond donors (Lipinski definition) is 2. The molecule has 0 bridgehead atoms. The topological polar surface area (TPSA) is 111 Å². The molecule has 0 aromatic carbocycles. The van der Waals surface area contributed by atoms with Crippen molar-refractivity contribution in [1.29, 1.82) is 0 Å². The average Bonchev–Trinajstić information content (AvgIpc) is 3.09. The molecule has 0 aliphatic carbocycles. The molecule has 30 heavy (non-hydrogen) atoms. The number of aliphatic imine (C=N–C) groups is 1. The smallest absolute Gasteiger partial charge is 0.243 e. The maximum atomic E-state index is 6.49. The molecule has 9 nitrogen and oxygen atoms in total. The zero-order valence-electron chi connectivity index (χ0n) is 16.8. The van der Waals surface area contributed by atoms with Gasteiger partial charge in [-0.05, 0) is 19.8 Å². The zero-order chi connectivity index (χ0) is 20.7. The Kier molecular flexibility index (Phi) is 4.96. The van der Waals surface area contributed by atoms with E-state index in [2.05, 4.69) is 32.1 Å². The van der Waals surface area contributed by atoms with Crippen molar-refractivity contribution >= 4 is 29.1 Å². The summed E-state index contributed by atoms with van der Waals surface area (Å²) in [6.07, 6.45) is 5.29. The maximum absolute atomic E-state index is 6.49. The molecule has 158 valence electrons. The van der Waals surface area contributed by atoms with Crippen molar-refractivity contribution < 1.29 is 9.47 Å². The summed E-state index contributed by atoms with van der Waals surface area (Å²) in [7, 11) is 0. The summed E-state index contributed by atoms with van der Waals surface area (Å²) in [5, 5.41) is 3.66. The Morgan fingerprint density at radius 2 is 2.10 bits per heavy atom. The number of rotatable bonds is 4. The number of anilines is 2. The van der Waals surface area contributed by atoms with E-state index >= 15 is 0 Å². The van der Waals surface area contributed by atoms with Crippen molar-refractivity contribution in [3.8, 4) is 5.75 Å². The highest BCUT2D eigenvalue weighted by atomic mass is 35.5. The van der Waals surface area contributed by atoms with Crippen LogP contribution in [0.4, 0.5) is 11.6 Å². The van der Waals surface area contributed by atoms with Gasteiger partial charge in [0.2, 0.25) is 5.90 Å². The molecule has 3 N–H and O–H groups in total. The van der Waals surface area contributed by atoms with Gasteiger partial charge in [0.05, 0.1) is 37.7 Å². The number of ether oxygens (including phenoxy) is 2. The molecule has 0 amide bonds. The first-order valence-electron chi connectivity index (χ1n) is 10.1. The van der Waals surface area contributed by atoms with E-state index in [1.807, 2.05) is 0 Å². The van der Waals surface area contributed by atoms with E-state index in [0.717, 1.165) is 37.4 Å². The largest absolute Gasteiger partial charge is 0.435 e. The monoisotopic (exact) mass is 429 g/mol. The lowest BCUT2D eigenvalue weighted by atomic mass is 9.91. The fourth-order valence-electron chi connectivity index (χ4n) is 3.63. The molecule has 0 radical (unpaired) electrons. The third-order valence-electron chi connectivity index (χ3n) is 5.68. The van der Waals surface area contributed by atoms with Crippen molar-refractivity contribution in [1.82, 2.24) is 15.0 Å². The lowest BCUT2D eigenvalue weighted by molar-refractivity contribution is 0.0209. The summed E-state index contributed by atoms with van der Waals surface area (Å²) in [6, 6.07) is 1.93. The van der Waals surface area contributed by atoms with Crippen LogP contribution in [0.15, 0.2) is 23.5 Å². The molecule has 3 aliphatic rings. The highest BCUT2D eigenvalue weighted by Gasteiger charge is 2.29. The highest BCUT2D eigenvalue weighted by molar-refractivity contribution is 6.34. The predicted octanol–water partition coefficient (Wildman–Crippen LogP) is 1.99. The van der Waals surface area contributed by atoms with Crippen LogP contribution in [0.3, 0.4) is 0 Å². The molecule has 5 rings (SSSR count). The minimum Gasteiger partial charge on any atom is -0.435 e. The van der Waals surface area contributed by atoms with E-state index in [9.17, 15) is 0 Å². The molecular weight excluding hydrogens is 406 g/mol. The maximum Gasteiger partial charge on any atom is 0.243 e. The molecule has 0 saturated carbocycles. The van der Waals surface area contributed by atoms with Crippen LogP contribution < -0.4 is 20.7 Å². The number of piperidine rings is 1. The molecule has 3 aliphatic heterocycles. The minimum absolute atomic E-state index is 0.103. The molecule has 0 spiro atoms. The van der Waals surface area contributed by atoms with Crippen LogP contribution >= 0.6 is 11.6 Å². The summed E-state index contributed by atoms with van der Waals surface area (Å²) in [5.74, 6) is 2.32. The molecule has 2 aromatic rings. The Balaban J connectivity index is 1.30. The molecule has 2 aromatic heterocycles. The van der Waals surface area contributed by atoms with Gasteiger partial charge < -0.3 is 25.4 Å². The number of nitrogens with two attached hydrogens (primary N) is 1. The van der Waals surface area contributed by atoms with Crippen molar-refractivity contribution in [2.75, 3.05) is 36.5 Å². The Morgan fingerprint density at radius 3 is 2.83 bits per heavy atom. The second-order valence-electron chi connectivity index (χ2n) is 8.24. The number of nitrogens with zero attached hydrogens (tertiary/aromatic N) is 5. The zero-order valence-corrected chi connectivity index (χ0v) is 17.5. The SMILES string of the molecule is CC1(N)CCN(c2cnc3c(n2)CN=C3Oc2ccnc(NC3COC3)c2Cl)CC1. The number of fused-ring (bicyclic) bond motifs is 1. The van der Waals surface area contributed by atoms with Gasteiger partial charge in [0.15, 0.2) is 5.75 Å². The van der Waals surface area contributed by atoms with Crippen LogP contribution in [0.1, 0.15) is 31.2 Å². The van der Waals surface area contributed by atoms with Crippen LogP contribution in [-0.2, 0) is 11.3 Å². The predicted molar refractivity (Wildman–Crippen MR) is 114 cm³/mol. The van der Waals surface area contributed by atoms with E-state index in [4.69, 9.17) is 31.8 Å². The Bertz CT molecular complexity index is 983. The third kappa shape index (κ3) is 3.80. The second-order valence-corrected chi connectivity index (χ2v) is 8.62. The summed E-state index contributed by atoms with van der Waals surface area (Å²) in [5.41, 5.74) is 7.59. The molecule has 5 heterocycles. The van der Waals surface area contributed by atoms with Crippen molar-refractivity contribution in [2.24, 2.45) is 10.7 Å². The Morgan fingerprint density at radius 1 is 1.30 bits per heavy atom. The normalized spacial score (nSPS) is 20.4. The third-order valence-corrected chi connectivity index (χ3v) is 6.04. The van der Waals surface area contributed by atoms with E-state index in [0.29, 0.717) is 47.9 Å². The summed E-state index contributed by atoms with van der Waals surface area (Å²) < 4.78 is 11.2. The van der Waals surface area contributed by atoms with Gasteiger partial charge in [0, 0.05) is 30.9 Å². The van der Waals surface area contributed by atoms with Gasteiger partial charge in [0.25, 0.3) is 0 Å². The van der Waals surface area contributed by atoms with E-state index in [1.54, 1.807) is 18.5 Å². The quantitative estimate of drug-likeness (QED) is 0.759. The number of nitrogens with one attached hydrogen (secondary N) is 1. The molecule has 10 heteroatoms. The lowest BCUT2D eigenvalue weighted by Gasteiger charge is -2.37. The lowest BCUT2D eigenvalue weighted by Crippen LogP contribution is -2.48. The Hall–Kier alpha value is -2.49. The molecule has 0 atom stereocenters. The van der Waals surface area contributed by atoms with Crippen LogP contribution in [-0.4, -0.2) is 58.7 Å². The summed E-state index contributed by atoms with van der Waals surface area (Å²) in [4.78, 5) is 20.4. The van der Waals surface area contributed by atoms with Gasteiger partial charge in [-0.25, -0.2) is 19.9 Å². The van der Waals surface area contributed by atoms with E-state index < -0.39 is 0 Å². The molecule has 0 unspecified atom stereocenters. The first kappa shape index (κ1) is 19.5. The number of hydrogen-bond acceptors (Lipinski definition) is 9. The second kappa shape index (κ2) is 7.64. The van der Waals surface area contributed by atoms with Gasteiger partial charge in [-0.15, -0.1) is 0 Å². The first-order chi connectivity index (χ1) is 14.5. The Labute approximate surface area is 179 Å².